The van der Waals surface area contributed by atoms with Gasteiger partial charge in [0.2, 0.25) is 0 Å². The second kappa shape index (κ2) is 5.95. The number of fused-ring (bicyclic) bond motifs is 1. The smallest absolute Gasteiger partial charge is 0.100 e. The molecule has 0 aliphatic heterocycles. The van der Waals surface area contributed by atoms with Gasteiger partial charge in [-0.1, -0.05) is 60.7 Å². The third kappa shape index (κ3) is 2.39. The molecule has 96 valence electrons. The zero-order chi connectivity index (χ0) is 16.9. The monoisotopic (exact) mass is 272 g/mol. The van der Waals surface area contributed by atoms with E-state index >= 15 is 0 Å². The highest BCUT2D eigenvalue weighted by Gasteiger charge is 2.19. The molecule has 0 saturated carbocycles. The van der Waals surface area contributed by atoms with Crippen LogP contribution in [0.4, 0.5) is 0 Å². The fraction of sp³-hybridized carbons (Fsp3) is 0.375. The molecular weight excluding hydrogens is 257 g/mol. The van der Waals surface area contributed by atoms with Crippen LogP contribution in [0.1, 0.15) is 50.7 Å². The first-order chi connectivity index (χ1) is 10.1. The van der Waals surface area contributed by atoms with E-state index in [1.165, 1.54) is 0 Å². The van der Waals surface area contributed by atoms with Gasteiger partial charge in [0, 0.05) is 0 Å². The summed E-state index contributed by atoms with van der Waals surface area (Å²) >= 11 is 0. The normalized spacial score (nSPS) is 11.7. The largest absolute Gasteiger partial charge is 0.115 e. The topological polar surface area (TPSA) is 0 Å². The molecule has 12 radical (unpaired) electrons. The van der Waals surface area contributed by atoms with Gasteiger partial charge in [0.15, 0.2) is 0 Å². The maximum atomic E-state index is 6.37. The van der Waals surface area contributed by atoms with Crippen molar-refractivity contribution in [2.45, 2.75) is 39.5 Å². The average Bonchev–Trinajstić information content (AvgIpc) is 2.39. The van der Waals surface area contributed by atoms with Crippen molar-refractivity contribution in [2.24, 2.45) is 0 Å². The molecule has 0 aliphatic rings. The minimum absolute atomic E-state index is 0.118. The molecule has 0 aliphatic carbocycles. The summed E-state index contributed by atoms with van der Waals surface area (Å²) in [6, 6.07) is 0. The Balaban J connectivity index is 3.16. The van der Waals surface area contributed by atoms with Gasteiger partial charge in [0.25, 0.3) is 0 Å². The Morgan fingerprint density at radius 1 is 0.455 bits per heavy atom. The summed E-state index contributed by atoms with van der Waals surface area (Å²) in [5.41, 5.74) is 4.33. The first-order valence-electron chi connectivity index (χ1n) is 7.37. The standard InChI is InChI=1S/C16H14B6/c1-5(2)7-11(17)9-10(15(21)13(7)19)16(22)14(20)8(6(3)4)12(9)18/h5-6H,1-4H3. The fourth-order valence-electron chi connectivity index (χ4n) is 3.19. The maximum Gasteiger partial charge on any atom is 0.115 e. The van der Waals surface area contributed by atoms with Crippen molar-refractivity contribution >= 4 is 90.6 Å². The van der Waals surface area contributed by atoms with Crippen LogP contribution in [0.25, 0.3) is 10.8 Å². The number of hydrogen-bond donors (Lipinski definition) is 0. The summed E-state index contributed by atoms with van der Waals surface area (Å²) in [6.07, 6.45) is 0. The van der Waals surface area contributed by atoms with Crippen molar-refractivity contribution < 1.29 is 0 Å². The Morgan fingerprint density at radius 2 is 0.727 bits per heavy atom. The van der Waals surface area contributed by atoms with E-state index in [1.807, 2.05) is 27.7 Å². The molecule has 2 rings (SSSR count). The minimum Gasteiger partial charge on any atom is -0.100 e. The lowest BCUT2D eigenvalue weighted by atomic mass is 9.59. The van der Waals surface area contributed by atoms with Crippen LogP contribution in [-0.4, -0.2) is 47.1 Å². The van der Waals surface area contributed by atoms with Gasteiger partial charge in [-0.25, -0.2) is 0 Å². The van der Waals surface area contributed by atoms with Crippen LogP contribution in [0.15, 0.2) is 0 Å². The molecule has 0 unspecified atom stereocenters. The van der Waals surface area contributed by atoms with E-state index < -0.39 is 0 Å². The third-order valence-electron chi connectivity index (χ3n) is 4.22. The van der Waals surface area contributed by atoms with Crippen molar-refractivity contribution in [1.29, 1.82) is 0 Å². The highest BCUT2D eigenvalue weighted by Crippen LogP contribution is 2.16. The number of hydrogen-bond acceptors (Lipinski definition) is 0. The second-order valence-corrected chi connectivity index (χ2v) is 6.37. The van der Waals surface area contributed by atoms with Gasteiger partial charge in [-0.3, -0.25) is 0 Å². The lowest BCUT2D eigenvalue weighted by Crippen LogP contribution is -2.46. The molecule has 0 aromatic heterocycles. The molecular formula is C16H14B6. The van der Waals surface area contributed by atoms with Gasteiger partial charge in [0.05, 0.1) is 0 Å². The van der Waals surface area contributed by atoms with E-state index in [2.05, 4.69) is 0 Å². The quantitative estimate of drug-likeness (QED) is 0.546. The van der Waals surface area contributed by atoms with Gasteiger partial charge in [-0.05, 0) is 22.6 Å². The third-order valence-corrected chi connectivity index (χ3v) is 4.22. The van der Waals surface area contributed by atoms with Gasteiger partial charge in [0.1, 0.15) is 47.1 Å². The van der Waals surface area contributed by atoms with Crippen LogP contribution in [0.2, 0.25) is 0 Å². The molecule has 0 nitrogen and oxygen atoms in total. The highest BCUT2D eigenvalue weighted by molar-refractivity contribution is 6.66. The molecule has 0 atom stereocenters. The van der Waals surface area contributed by atoms with E-state index in [9.17, 15) is 0 Å². The molecule has 6 heteroatoms. The Bertz CT molecular complexity index is 701. The highest BCUT2D eigenvalue weighted by atomic mass is 14.2. The molecule has 0 amide bonds. The van der Waals surface area contributed by atoms with Crippen LogP contribution in [0, 0.1) is 0 Å². The summed E-state index contributed by atoms with van der Waals surface area (Å²) in [6.45, 7) is 8.03. The van der Waals surface area contributed by atoms with Gasteiger partial charge in [-0.2, -0.15) is 0 Å². The molecule has 2 aromatic carbocycles. The molecule has 0 N–H and O–H groups in total. The van der Waals surface area contributed by atoms with Crippen molar-refractivity contribution in [3.63, 3.8) is 0 Å². The van der Waals surface area contributed by atoms with Crippen molar-refractivity contribution in [3.8, 4) is 0 Å². The number of benzene rings is 2. The van der Waals surface area contributed by atoms with Crippen molar-refractivity contribution in [2.75, 3.05) is 0 Å². The van der Waals surface area contributed by atoms with Crippen LogP contribution < -0.4 is 32.8 Å². The Hall–Kier alpha value is -0.910. The first-order valence-corrected chi connectivity index (χ1v) is 7.37. The second-order valence-electron chi connectivity index (χ2n) is 6.37. The molecule has 0 heterocycles. The van der Waals surface area contributed by atoms with E-state index in [4.69, 9.17) is 47.1 Å². The first kappa shape index (κ1) is 17.4. The van der Waals surface area contributed by atoms with Crippen LogP contribution in [0.5, 0.6) is 0 Å². The SMILES string of the molecule is [B]c1c(C(C)C)c([B])c2c([B])c(C(C)C)c([B])c([B])c2c1[B]. The van der Waals surface area contributed by atoms with Gasteiger partial charge >= 0.3 is 0 Å². The predicted octanol–water partition coefficient (Wildman–Crippen LogP) is -2.15. The molecule has 0 saturated heterocycles. The summed E-state index contributed by atoms with van der Waals surface area (Å²) in [5, 5.41) is 1.21. The minimum atomic E-state index is 0.118. The summed E-state index contributed by atoms with van der Waals surface area (Å²) in [7, 11) is 37.5. The zero-order valence-corrected chi connectivity index (χ0v) is 13.6. The van der Waals surface area contributed by atoms with Gasteiger partial charge in [-0.15, -0.1) is 10.9 Å². The van der Waals surface area contributed by atoms with Crippen molar-refractivity contribution in [1.82, 2.24) is 0 Å². The summed E-state index contributed by atoms with van der Waals surface area (Å²) in [4.78, 5) is 0. The van der Waals surface area contributed by atoms with Crippen LogP contribution in [0.3, 0.4) is 0 Å². The lowest BCUT2D eigenvalue weighted by molar-refractivity contribution is 0.879. The zero-order valence-electron chi connectivity index (χ0n) is 13.6. The molecule has 2 aromatic rings. The Kier molecular flexibility index (Phi) is 4.71. The van der Waals surface area contributed by atoms with E-state index in [0.29, 0.717) is 43.5 Å². The van der Waals surface area contributed by atoms with Gasteiger partial charge < -0.3 is 0 Å². The van der Waals surface area contributed by atoms with E-state index in [1.54, 1.807) is 0 Å². The Morgan fingerprint density at radius 3 is 1.00 bits per heavy atom. The lowest BCUT2D eigenvalue weighted by Gasteiger charge is -2.28. The number of rotatable bonds is 2. The molecule has 0 bridgehead atoms. The van der Waals surface area contributed by atoms with Crippen molar-refractivity contribution in [3.05, 3.63) is 11.1 Å². The maximum absolute atomic E-state index is 6.37. The molecule has 0 fully saturated rings. The molecule has 22 heavy (non-hydrogen) atoms. The predicted molar refractivity (Wildman–Crippen MR) is 104 cm³/mol. The van der Waals surface area contributed by atoms with E-state index in [-0.39, 0.29) is 11.8 Å². The van der Waals surface area contributed by atoms with E-state index in [0.717, 1.165) is 11.1 Å². The summed E-state index contributed by atoms with van der Waals surface area (Å²) in [5.74, 6) is 0.236. The molecule has 0 spiro atoms. The summed E-state index contributed by atoms with van der Waals surface area (Å²) < 4.78 is 0. The fourth-order valence-corrected chi connectivity index (χ4v) is 3.19. The van der Waals surface area contributed by atoms with Crippen LogP contribution in [-0.2, 0) is 0 Å². The average molecular weight is 271 g/mol. The van der Waals surface area contributed by atoms with Crippen LogP contribution >= 0.6 is 0 Å². The Labute approximate surface area is 141 Å².